The minimum atomic E-state index is 0.177. The highest BCUT2D eigenvalue weighted by atomic mass is 35.5. The quantitative estimate of drug-likeness (QED) is 0.805. The molecule has 1 unspecified atom stereocenters. The van der Waals surface area contributed by atoms with Crippen LogP contribution in [0.3, 0.4) is 0 Å². The molecule has 0 aliphatic carbocycles. The molecule has 0 aliphatic heterocycles. The fourth-order valence-corrected chi connectivity index (χ4v) is 1.78. The topological polar surface area (TPSA) is 32.3 Å². The van der Waals surface area contributed by atoms with Gasteiger partial charge in [0.1, 0.15) is 0 Å². The predicted octanol–water partition coefficient (Wildman–Crippen LogP) is 2.86. The zero-order chi connectivity index (χ0) is 13.5. The number of nitrogens with one attached hydrogen (secondary N) is 1. The van der Waals surface area contributed by atoms with Crippen LogP contribution in [0, 0.1) is 0 Å². The van der Waals surface area contributed by atoms with Crippen LogP contribution < -0.4 is 5.32 Å². The summed E-state index contributed by atoms with van der Waals surface area (Å²) < 4.78 is 0. The minimum absolute atomic E-state index is 0.177. The first-order valence-corrected chi connectivity index (χ1v) is 6.57. The summed E-state index contributed by atoms with van der Waals surface area (Å²) in [6, 6.07) is 8.10. The molecule has 1 amide bonds. The maximum atomic E-state index is 11.4. The largest absolute Gasteiger partial charge is 0.349 e. The standard InChI is InChI=1S/C14H21ClN2O/c1-11(12-6-8-13(15)9-7-12)16-10-4-5-14(18)17(2)3/h6-9,11,16H,4-5,10H2,1-3H3. The molecule has 0 aliphatic rings. The molecule has 0 fully saturated rings. The number of amides is 1. The van der Waals surface area contributed by atoms with Crippen LogP contribution in [0.15, 0.2) is 24.3 Å². The molecule has 1 aromatic rings. The number of nitrogens with zero attached hydrogens (tertiary/aromatic N) is 1. The van der Waals surface area contributed by atoms with Crippen LogP contribution in [-0.4, -0.2) is 31.4 Å². The van der Waals surface area contributed by atoms with Gasteiger partial charge in [0, 0.05) is 31.6 Å². The third-order valence-electron chi connectivity index (χ3n) is 2.89. The van der Waals surface area contributed by atoms with Crippen molar-refractivity contribution in [1.29, 1.82) is 0 Å². The number of hydrogen-bond acceptors (Lipinski definition) is 2. The van der Waals surface area contributed by atoms with Gasteiger partial charge in [0.25, 0.3) is 0 Å². The molecule has 0 aromatic heterocycles. The van der Waals surface area contributed by atoms with Crippen molar-refractivity contribution in [2.45, 2.75) is 25.8 Å². The number of halogens is 1. The Morgan fingerprint density at radius 1 is 1.33 bits per heavy atom. The van der Waals surface area contributed by atoms with E-state index in [-0.39, 0.29) is 11.9 Å². The molecule has 3 nitrogen and oxygen atoms in total. The van der Waals surface area contributed by atoms with Crippen LogP contribution in [0.5, 0.6) is 0 Å². The molecule has 1 aromatic carbocycles. The van der Waals surface area contributed by atoms with E-state index in [1.807, 2.05) is 24.3 Å². The first-order valence-electron chi connectivity index (χ1n) is 6.19. The maximum Gasteiger partial charge on any atom is 0.222 e. The predicted molar refractivity (Wildman–Crippen MR) is 75.8 cm³/mol. The Bertz CT molecular complexity index is 376. The second kappa shape index (κ2) is 7.39. The number of rotatable bonds is 6. The third-order valence-corrected chi connectivity index (χ3v) is 3.14. The van der Waals surface area contributed by atoms with Gasteiger partial charge < -0.3 is 10.2 Å². The van der Waals surface area contributed by atoms with Gasteiger partial charge in [-0.3, -0.25) is 4.79 Å². The average molecular weight is 269 g/mol. The summed E-state index contributed by atoms with van der Waals surface area (Å²) in [5.41, 5.74) is 1.21. The van der Waals surface area contributed by atoms with E-state index < -0.39 is 0 Å². The van der Waals surface area contributed by atoms with Crippen molar-refractivity contribution in [2.24, 2.45) is 0 Å². The minimum Gasteiger partial charge on any atom is -0.349 e. The maximum absolute atomic E-state index is 11.4. The number of hydrogen-bond donors (Lipinski definition) is 1. The molecular formula is C14H21ClN2O. The van der Waals surface area contributed by atoms with Crippen LogP contribution in [0.1, 0.15) is 31.4 Å². The molecule has 1 N–H and O–H groups in total. The highest BCUT2D eigenvalue weighted by Gasteiger charge is 2.06. The Morgan fingerprint density at radius 3 is 2.50 bits per heavy atom. The lowest BCUT2D eigenvalue weighted by Gasteiger charge is -2.15. The molecular weight excluding hydrogens is 248 g/mol. The van der Waals surface area contributed by atoms with Gasteiger partial charge in [0.05, 0.1) is 0 Å². The molecule has 1 rings (SSSR count). The van der Waals surface area contributed by atoms with E-state index in [0.29, 0.717) is 6.42 Å². The average Bonchev–Trinajstić information content (AvgIpc) is 2.34. The summed E-state index contributed by atoms with van der Waals surface area (Å²) in [5.74, 6) is 0.177. The van der Waals surface area contributed by atoms with Gasteiger partial charge in [-0.1, -0.05) is 23.7 Å². The van der Waals surface area contributed by atoms with Crippen molar-refractivity contribution >= 4 is 17.5 Å². The van der Waals surface area contributed by atoms with Crippen molar-refractivity contribution < 1.29 is 4.79 Å². The van der Waals surface area contributed by atoms with Gasteiger partial charge in [0.2, 0.25) is 5.91 Å². The van der Waals surface area contributed by atoms with Gasteiger partial charge in [-0.2, -0.15) is 0 Å². The van der Waals surface area contributed by atoms with Crippen LogP contribution in [0.2, 0.25) is 5.02 Å². The smallest absolute Gasteiger partial charge is 0.222 e. The van der Waals surface area contributed by atoms with E-state index in [9.17, 15) is 4.79 Å². The van der Waals surface area contributed by atoms with E-state index in [0.717, 1.165) is 18.0 Å². The molecule has 0 saturated heterocycles. The van der Waals surface area contributed by atoms with Gasteiger partial charge in [-0.15, -0.1) is 0 Å². The van der Waals surface area contributed by atoms with E-state index in [1.54, 1.807) is 19.0 Å². The van der Waals surface area contributed by atoms with Crippen LogP contribution in [0.4, 0.5) is 0 Å². The van der Waals surface area contributed by atoms with Gasteiger partial charge in [-0.05, 0) is 37.6 Å². The lowest BCUT2D eigenvalue weighted by molar-refractivity contribution is -0.128. The zero-order valence-electron chi connectivity index (χ0n) is 11.2. The monoisotopic (exact) mass is 268 g/mol. The van der Waals surface area contributed by atoms with Crippen LogP contribution in [0.25, 0.3) is 0 Å². The van der Waals surface area contributed by atoms with Gasteiger partial charge in [0.15, 0.2) is 0 Å². The molecule has 1 atom stereocenters. The van der Waals surface area contributed by atoms with Crippen molar-refractivity contribution in [3.8, 4) is 0 Å². The van der Waals surface area contributed by atoms with Gasteiger partial charge >= 0.3 is 0 Å². The fourth-order valence-electron chi connectivity index (χ4n) is 1.65. The molecule has 100 valence electrons. The van der Waals surface area contributed by atoms with Crippen molar-refractivity contribution in [3.05, 3.63) is 34.9 Å². The first-order chi connectivity index (χ1) is 8.50. The van der Waals surface area contributed by atoms with E-state index >= 15 is 0 Å². The van der Waals surface area contributed by atoms with E-state index in [2.05, 4.69) is 12.2 Å². The summed E-state index contributed by atoms with van der Waals surface area (Å²) in [7, 11) is 3.57. The summed E-state index contributed by atoms with van der Waals surface area (Å²) in [5, 5.41) is 4.15. The Labute approximate surface area is 114 Å². The molecule has 0 heterocycles. The normalized spacial score (nSPS) is 12.2. The number of carbonyl (C=O) groups is 1. The van der Waals surface area contributed by atoms with Crippen molar-refractivity contribution in [2.75, 3.05) is 20.6 Å². The highest BCUT2D eigenvalue weighted by Crippen LogP contribution is 2.15. The Kier molecular flexibility index (Phi) is 6.16. The van der Waals surface area contributed by atoms with E-state index in [4.69, 9.17) is 11.6 Å². The second-order valence-electron chi connectivity index (χ2n) is 4.62. The summed E-state index contributed by atoms with van der Waals surface area (Å²) in [4.78, 5) is 13.0. The molecule has 0 spiro atoms. The zero-order valence-corrected chi connectivity index (χ0v) is 12.0. The van der Waals surface area contributed by atoms with Crippen LogP contribution in [-0.2, 0) is 4.79 Å². The molecule has 0 bridgehead atoms. The number of benzene rings is 1. The second-order valence-corrected chi connectivity index (χ2v) is 5.06. The summed E-state index contributed by atoms with van der Waals surface area (Å²) in [6.07, 6.45) is 1.45. The molecule has 0 radical (unpaired) electrons. The van der Waals surface area contributed by atoms with Gasteiger partial charge in [-0.25, -0.2) is 0 Å². The number of carbonyl (C=O) groups excluding carboxylic acids is 1. The first kappa shape index (κ1) is 15.0. The molecule has 0 saturated carbocycles. The SMILES string of the molecule is CC(NCCCC(=O)N(C)C)c1ccc(Cl)cc1. The van der Waals surface area contributed by atoms with Crippen LogP contribution >= 0.6 is 11.6 Å². The van der Waals surface area contributed by atoms with E-state index in [1.165, 1.54) is 5.56 Å². The summed E-state index contributed by atoms with van der Waals surface area (Å²) >= 11 is 5.85. The Balaban J connectivity index is 2.27. The van der Waals surface area contributed by atoms with Crippen molar-refractivity contribution in [1.82, 2.24) is 10.2 Å². The Morgan fingerprint density at radius 2 is 1.94 bits per heavy atom. The summed E-state index contributed by atoms with van der Waals surface area (Å²) in [6.45, 7) is 2.94. The van der Waals surface area contributed by atoms with Crippen molar-refractivity contribution in [3.63, 3.8) is 0 Å². The highest BCUT2D eigenvalue weighted by molar-refractivity contribution is 6.30. The lowest BCUT2D eigenvalue weighted by atomic mass is 10.1. The lowest BCUT2D eigenvalue weighted by Crippen LogP contribution is -2.24. The third kappa shape index (κ3) is 5.07. The fraction of sp³-hybridized carbons (Fsp3) is 0.500. The Hall–Kier alpha value is -1.06. The molecule has 4 heteroatoms. The molecule has 18 heavy (non-hydrogen) atoms.